The van der Waals surface area contributed by atoms with Crippen LogP contribution in [0.1, 0.15) is 33.6 Å². The fourth-order valence-corrected chi connectivity index (χ4v) is 2.11. The van der Waals surface area contributed by atoms with Crippen molar-refractivity contribution in [1.29, 1.82) is 0 Å². The van der Waals surface area contributed by atoms with Crippen LogP contribution in [0.3, 0.4) is 0 Å². The van der Waals surface area contributed by atoms with Gasteiger partial charge in [-0.1, -0.05) is 51.8 Å². The molecule has 2 nitrogen and oxygen atoms in total. The lowest BCUT2D eigenvalue weighted by Crippen LogP contribution is -2.31. The van der Waals surface area contributed by atoms with Gasteiger partial charge in [-0.25, -0.2) is 0 Å². The first-order valence-electron chi connectivity index (χ1n) is 6.25. The number of rotatable bonds is 5. The Morgan fingerprint density at radius 1 is 1.41 bits per heavy atom. The maximum Gasteiger partial charge on any atom is 0.313 e. The van der Waals surface area contributed by atoms with Crippen LogP contribution in [0.25, 0.3) is 0 Å². The average molecular weight is 250 g/mol. The van der Waals surface area contributed by atoms with Crippen molar-refractivity contribution in [3.05, 3.63) is 30.3 Å². The van der Waals surface area contributed by atoms with Crippen molar-refractivity contribution in [3.8, 4) is 5.75 Å². The Morgan fingerprint density at radius 2 is 2.00 bits per heavy atom. The highest BCUT2D eigenvalue weighted by molar-refractivity contribution is 6.27. The summed E-state index contributed by atoms with van der Waals surface area (Å²) in [5.41, 5.74) is 0. The van der Waals surface area contributed by atoms with Gasteiger partial charge in [0.05, 0.1) is 5.04 Å². The molecule has 2 atom stereocenters. The SMILES string of the molecule is CCCC(C)C(C)([SiH3])C(=O)Oc1ccccc1. The summed E-state index contributed by atoms with van der Waals surface area (Å²) in [4.78, 5) is 12.2. The molecule has 0 aliphatic rings. The molecule has 94 valence electrons. The number of para-hydroxylation sites is 1. The molecule has 1 aromatic rings. The van der Waals surface area contributed by atoms with E-state index in [2.05, 4.69) is 13.8 Å². The van der Waals surface area contributed by atoms with E-state index in [-0.39, 0.29) is 11.0 Å². The quantitative estimate of drug-likeness (QED) is 0.456. The molecule has 0 bridgehead atoms. The monoisotopic (exact) mass is 250 g/mol. The predicted molar refractivity (Wildman–Crippen MR) is 74.5 cm³/mol. The van der Waals surface area contributed by atoms with Gasteiger partial charge in [-0.15, -0.1) is 0 Å². The van der Waals surface area contributed by atoms with Crippen molar-refractivity contribution in [2.75, 3.05) is 0 Å². The van der Waals surface area contributed by atoms with Crippen LogP contribution in [0, 0.1) is 5.92 Å². The van der Waals surface area contributed by atoms with Crippen LogP contribution in [0.5, 0.6) is 5.75 Å². The van der Waals surface area contributed by atoms with Crippen molar-refractivity contribution in [3.63, 3.8) is 0 Å². The first-order valence-corrected chi connectivity index (χ1v) is 7.25. The minimum Gasteiger partial charge on any atom is -0.426 e. The van der Waals surface area contributed by atoms with E-state index in [0.717, 1.165) is 23.1 Å². The van der Waals surface area contributed by atoms with Crippen LogP contribution in [0.4, 0.5) is 0 Å². The third kappa shape index (κ3) is 3.70. The van der Waals surface area contributed by atoms with Crippen molar-refractivity contribution in [1.82, 2.24) is 0 Å². The molecule has 0 amide bonds. The Kier molecular flexibility index (Phi) is 4.94. The summed E-state index contributed by atoms with van der Waals surface area (Å²) in [5.74, 6) is 0.940. The lowest BCUT2D eigenvalue weighted by Gasteiger charge is -2.29. The molecule has 0 saturated carbocycles. The Balaban J connectivity index is 2.69. The zero-order chi connectivity index (χ0) is 12.9. The number of ether oxygens (including phenoxy) is 1. The fraction of sp³-hybridized carbons (Fsp3) is 0.500. The van der Waals surface area contributed by atoms with Crippen molar-refractivity contribution < 1.29 is 9.53 Å². The van der Waals surface area contributed by atoms with Crippen molar-refractivity contribution in [2.24, 2.45) is 5.92 Å². The van der Waals surface area contributed by atoms with Gasteiger partial charge in [0, 0.05) is 10.2 Å². The van der Waals surface area contributed by atoms with E-state index in [1.54, 1.807) is 0 Å². The predicted octanol–water partition coefficient (Wildman–Crippen LogP) is 2.57. The lowest BCUT2D eigenvalue weighted by atomic mass is 9.90. The molecule has 1 rings (SSSR count). The molecule has 1 aromatic carbocycles. The van der Waals surface area contributed by atoms with E-state index < -0.39 is 0 Å². The Hall–Kier alpha value is -1.09. The summed E-state index contributed by atoms with van der Waals surface area (Å²) in [5, 5.41) is -0.300. The molecule has 0 radical (unpaired) electrons. The standard InChI is InChI=1S/C14H22O2Si/c1-4-8-11(2)14(3,17)13(15)16-12-9-6-5-7-10-12/h5-7,9-11H,4,8H2,1-3,17H3. The number of benzene rings is 1. The van der Waals surface area contributed by atoms with Crippen LogP contribution in [-0.2, 0) is 4.79 Å². The smallest absolute Gasteiger partial charge is 0.313 e. The number of hydrogen-bond acceptors (Lipinski definition) is 2. The van der Waals surface area contributed by atoms with Crippen LogP contribution in [0.2, 0.25) is 5.04 Å². The van der Waals surface area contributed by atoms with Gasteiger partial charge in [0.25, 0.3) is 0 Å². The molecule has 3 heteroatoms. The number of hydrogen-bond donors (Lipinski definition) is 0. The highest BCUT2D eigenvalue weighted by Gasteiger charge is 2.35. The van der Waals surface area contributed by atoms with E-state index in [4.69, 9.17) is 4.74 Å². The number of carbonyl (C=O) groups excluding carboxylic acids is 1. The largest absolute Gasteiger partial charge is 0.426 e. The molecule has 2 unspecified atom stereocenters. The zero-order valence-electron chi connectivity index (χ0n) is 11.2. The van der Waals surface area contributed by atoms with Gasteiger partial charge < -0.3 is 4.74 Å². The third-order valence-electron chi connectivity index (χ3n) is 3.43. The second kappa shape index (κ2) is 6.01. The number of carbonyl (C=O) groups is 1. The summed E-state index contributed by atoms with van der Waals surface area (Å²) in [6.45, 7) is 6.31. The van der Waals surface area contributed by atoms with Crippen LogP contribution in [0.15, 0.2) is 30.3 Å². The van der Waals surface area contributed by atoms with Crippen LogP contribution >= 0.6 is 0 Å². The van der Waals surface area contributed by atoms with Crippen LogP contribution in [-0.4, -0.2) is 16.2 Å². The molecule has 0 heterocycles. The summed E-state index contributed by atoms with van der Waals surface area (Å²) in [6.07, 6.45) is 2.18. The van der Waals surface area contributed by atoms with E-state index in [0.29, 0.717) is 11.7 Å². The summed E-state index contributed by atoms with van der Waals surface area (Å²) in [6, 6.07) is 9.31. The van der Waals surface area contributed by atoms with Crippen molar-refractivity contribution in [2.45, 2.75) is 38.7 Å². The summed E-state index contributed by atoms with van der Waals surface area (Å²) >= 11 is 0. The molecule has 0 saturated heterocycles. The third-order valence-corrected chi connectivity index (χ3v) is 4.83. The molecule has 17 heavy (non-hydrogen) atoms. The normalized spacial score (nSPS) is 16.2. The second-order valence-corrected chi connectivity index (χ2v) is 7.19. The molecule has 0 N–H and O–H groups in total. The van der Waals surface area contributed by atoms with Gasteiger partial charge in [-0.3, -0.25) is 4.79 Å². The van der Waals surface area contributed by atoms with E-state index in [1.807, 2.05) is 37.3 Å². The number of esters is 1. The van der Waals surface area contributed by atoms with Gasteiger partial charge in [-0.05, 0) is 18.1 Å². The van der Waals surface area contributed by atoms with Gasteiger partial charge in [0.2, 0.25) is 0 Å². The highest BCUT2D eigenvalue weighted by Crippen LogP contribution is 2.36. The lowest BCUT2D eigenvalue weighted by molar-refractivity contribution is -0.138. The minimum absolute atomic E-state index is 0.0867. The Morgan fingerprint density at radius 3 is 2.53 bits per heavy atom. The van der Waals surface area contributed by atoms with Crippen LogP contribution < -0.4 is 4.74 Å². The topological polar surface area (TPSA) is 26.3 Å². The van der Waals surface area contributed by atoms with E-state index in [9.17, 15) is 4.79 Å². The summed E-state index contributed by atoms with van der Waals surface area (Å²) < 4.78 is 5.44. The van der Waals surface area contributed by atoms with Gasteiger partial charge in [0.15, 0.2) is 0 Å². The molecular formula is C14H22O2Si. The molecule has 0 fully saturated rings. The maximum absolute atomic E-state index is 12.2. The van der Waals surface area contributed by atoms with E-state index >= 15 is 0 Å². The molecule has 0 spiro atoms. The molecule has 0 aromatic heterocycles. The minimum atomic E-state index is -0.300. The van der Waals surface area contributed by atoms with Crippen molar-refractivity contribution >= 4 is 16.2 Å². The average Bonchev–Trinajstić information content (AvgIpc) is 2.30. The fourth-order valence-electron chi connectivity index (χ4n) is 1.72. The van der Waals surface area contributed by atoms with E-state index in [1.165, 1.54) is 0 Å². The summed E-state index contributed by atoms with van der Waals surface area (Å²) in [7, 11) is 0.816. The maximum atomic E-state index is 12.2. The molecule has 0 aliphatic carbocycles. The molecular weight excluding hydrogens is 228 g/mol. The highest BCUT2D eigenvalue weighted by atomic mass is 28.1. The van der Waals surface area contributed by atoms with Gasteiger partial charge in [0.1, 0.15) is 5.75 Å². The van der Waals surface area contributed by atoms with Gasteiger partial charge >= 0.3 is 5.97 Å². The first-order chi connectivity index (χ1) is 7.98. The zero-order valence-corrected chi connectivity index (χ0v) is 13.2. The second-order valence-electron chi connectivity index (χ2n) is 5.11. The first kappa shape index (κ1) is 14.0. The molecule has 0 aliphatic heterocycles. The Labute approximate surface area is 107 Å². The van der Waals surface area contributed by atoms with Gasteiger partial charge in [-0.2, -0.15) is 0 Å². The Bertz CT molecular complexity index is 360.